The van der Waals surface area contributed by atoms with E-state index >= 15 is 0 Å². The topological polar surface area (TPSA) is 40.1 Å². The molecule has 0 rings (SSSR count). The molecule has 0 aromatic rings. The van der Waals surface area contributed by atoms with E-state index in [4.69, 9.17) is 0 Å². The van der Waals surface area contributed by atoms with Gasteiger partial charge in [-0.2, -0.15) is 0 Å². The summed E-state index contributed by atoms with van der Waals surface area (Å²) in [6.45, 7) is 2.27. The van der Waals surface area contributed by atoms with Crippen molar-refractivity contribution in [1.29, 1.82) is 0 Å². The van der Waals surface area contributed by atoms with Crippen LogP contribution in [-0.4, -0.2) is 5.97 Å². The van der Waals surface area contributed by atoms with Crippen molar-refractivity contribution in [2.24, 2.45) is 0 Å². The van der Waals surface area contributed by atoms with E-state index in [9.17, 15) is 9.90 Å². The van der Waals surface area contributed by atoms with Crippen LogP contribution in [-0.2, 0) is 24.3 Å². The van der Waals surface area contributed by atoms with Crippen molar-refractivity contribution in [1.82, 2.24) is 0 Å². The largest absolute Gasteiger partial charge is 2.00 e. The van der Waals surface area contributed by atoms with Crippen LogP contribution in [0.3, 0.4) is 0 Å². The van der Waals surface area contributed by atoms with Gasteiger partial charge in [0.15, 0.2) is 0 Å². The molecule has 0 spiro atoms. The van der Waals surface area contributed by atoms with Crippen molar-refractivity contribution in [2.75, 3.05) is 0 Å². The third kappa shape index (κ3) is 25.3. The Labute approximate surface area is 157 Å². The molecule has 0 aliphatic heterocycles. The Morgan fingerprint density at radius 3 is 1.18 bits per heavy atom. The van der Waals surface area contributed by atoms with Gasteiger partial charge in [0.1, 0.15) is 0 Å². The summed E-state index contributed by atoms with van der Waals surface area (Å²) in [5, 5.41) is 10.2. The summed E-state index contributed by atoms with van der Waals surface area (Å²) in [6, 6.07) is 0. The van der Waals surface area contributed by atoms with Gasteiger partial charge >= 0.3 is 19.5 Å². The van der Waals surface area contributed by atoms with Crippen molar-refractivity contribution < 1.29 is 41.8 Å². The van der Waals surface area contributed by atoms with Gasteiger partial charge in [0.2, 0.25) is 0 Å². The van der Waals surface area contributed by atoms with Crippen LogP contribution in [0.25, 0.3) is 0 Å². The molecular weight excluding hydrogens is 349 g/mol. The maximum atomic E-state index is 10.2. The number of carbonyl (C=O) groups excluding carboxylic acids is 1. The van der Waals surface area contributed by atoms with E-state index in [0.29, 0.717) is 0 Å². The van der Waals surface area contributed by atoms with E-state index < -0.39 is 5.97 Å². The zero-order chi connectivity index (χ0) is 14.9. The molecule has 4 heteroatoms. The number of carboxylic acids is 1. The number of halogens is 1. The third-order valence-electron chi connectivity index (χ3n) is 3.98. The summed E-state index contributed by atoms with van der Waals surface area (Å²) in [5.74, 6) is -0.903. The molecule has 0 atom stereocenters. The van der Waals surface area contributed by atoms with Crippen LogP contribution in [0.5, 0.6) is 0 Å². The van der Waals surface area contributed by atoms with Crippen molar-refractivity contribution in [3.8, 4) is 0 Å². The van der Waals surface area contributed by atoms with Gasteiger partial charge in [0.25, 0.3) is 0 Å². The predicted molar refractivity (Wildman–Crippen MR) is 84.6 cm³/mol. The van der Waals surface area contributed by atoms with Gasteiger partial charge in [-0.3, -0.25) is 0 Å². The molecule has 22 heavy (non-hydrogen) atoms. The number of rotatable bonds is 16. The fraction of sp³-hybridized carbons (Fsp3) is 0.944. The average molecular weight is 384 g/mol. The van der Waals surface area contributed by atoms with Crippen LogP contribution in [0.1, 0.15) is 110 Å². The van der Waals surface area contributed by atoms with Crippen LogP contribution in [0.2, 0.25) is 0 Å². The maximum absolute atomic E-state index is 10.2. The minimum atomic E-state index is -0.903. The summed E-state index contributed by atoms with van der Waals surface area (Å²) in [6.07, 6.45) is 19.9. The molecule has 0 bridgehead atoms. The molecule has 0 fully saturated rings. The number of unbranched alkanes of at least 4 members (excludes halogenated alkanes) is 14. The maximum Gasteiger partial charge on any atom is 2.00 e. The predicted octanol–water partition coefficient (Wildman–Crippen LogP) is 2.00. The second-order valence-electron chi connectivity index (χ2n) is 6.07. The first kappa shape index (κ1) is 27.2. The molecule has 0 aromatic carbocycles. The van der Waals surface area contributed by atoms with Crippen LogP contribution in [0, 0.1) is 0 Å². The normalized spacial score (nSPS) is 9.86. The molecule has 0 aliphatic carbocycles. The van der Waals surface area contributed by atoms with Crippen molar-refractivity contribution >= 4 is 5.97 Å². The van der Waals surface area contributed by atoms with E-state index in [2.05, 4.69) is 6.92 Å². The fourth-order valence-electron chi connectivity index (χ4n) is 2.64. The Balaban J connectivity index is -0.00000180. The van der Waals surface area contributed by atoms with E-state index in [0.717, 1.165) is 12.8 Å². The smallest absolute Gasteiger partial charge is 1.00 e. The first-order valence-corrected chi connectivity index (χ1v) is 8.97. The summed E-state index contributed by atoms with van der Waals surface area (Å²) < 4.78 is 0. The summed E-state index contributed by atoms with van der Waals surface area (Å²) in [5.41, 5.74) is 0. The monoisotopic (exact) mass is 382 g/mol. The van der Waals surface area contributed by atoms with Gasteiger partial charge in [-0.1, -0.05) is 96.8 Å². The first-order chi connectivity index (χ1) is 9.77. The molecule has 0 aliphatic rings. The fourth-order valence-corrected chi connectivity index (χ4v) is 2.64. The summed E-state index contributed by atoms with van der Waals surface area (Å²) >= 11 is 0. The quantitative estimate of drug-likeness (QED) is 0.302. The third-order valence-corrected chi connectivity index (χ3v) is 3.98. The molecule has 128 valence electrons. The van der Waals surface area contributed by atoms with Crippen molar-refractivity contribution in [2.45, 2.75) is 110 Å². The van der Waals surface area contributed by atoms with E-state index in [-0.39, 0.29) is 38.3 Å². The second-order valence-corrected chi connectivity index (χ2v) is 6.07. The molecular formula is C18H35ClO2Zn. The van der Waals surface area contributed by atoms with Crippen LogP contribution in [0.15, 0.2) is 0 Å². The molecule has 0 amide bonds. The van der Waals surface area contributed by atoms with E-state index in [1.54, 1.807) is 0 Å². The van der Waals surface area contributed by atoms with Crippen molar-refractivity contribution in [3.05, 3.63) is 0 Å². The second kappa shape index (κ2) is 23.6. The molecule has 0 unspecified atom stereocenters. The molecule has 0 heterocycles. The van der Waals surface area contributed by atoms with Gasteiger partial charge in [-0.25, -0.2) is 0 Å². The van der Waals surface area contributed by atoms with Gasteiger partial charge < -0.3 is 22.3 Å². The van der Waals surface area contributed by atoms with Crippen molar-refractivity contribution in [3.63, 3.8) is 0 Å². The van der Waals surface area contributed by atoms with Crippen LogP contribution in [0.4, 0.5) is 0 Å². The Morgan fingerprint density at radius 2 is 0.909 bits per heavy atom. The zero-order valence-corrected chi connectivity index (χ0v) is 18.4. The Morgan fingerprint density at radius 1 is 0.636 bits per heavy atom. The Hall–Kier alpha value is 0.383. The number of hydrogen-bond acceptors (Lipinski definition) is 2. The van der Waals surface area contributed by atoms with Gasteiger partial charge in [0.05, 0.1) is 0 Å². The average Bonchev–Trinajstić information content (AvgIpc) is 2.43. The Kier molecular flexibility index (Phi) is 29.3. The zero-order valence-electron chi connectivity index (χ0n) is 14.7. The van der Waals surface area contributed by atoms with E-state index in [1.165, 1.54) is 83.5 Å². The molecule has 0 saturated heterocycles. The summed E-state index contributed by atoms with van der Waals surface area (Å²) in [7, 11) is 0. The van der Waals surface area contributed by atoms with Gasteiger partial charge in [-0.15, -0.1) is 0 Å². The molecule has 0 saturated carbocycles. The minimum absolute atomic E-state index is 0. The molecule has 0 aromatic heterocycles. The first-order valence-electron chi connectivity index (χ1n) is 8.97. The van der Waals surface area contributed by atoms with Gasteiger partial charge in [0, 0.05) is 5.97 Å². The standard InChI is InChI=1S/C18H36O2.ClH.Zn/c1-2-3-4-5-6-7-8-9-10-11-12-13-14-15-16-17-18(19)20;;/h2-17H2,1H3,(H,19,20);1H;/q;;+2/p-2. The van der Waals surface area contributed by atoms with Gasteiger partial charge in [-0.05, 0) is 12.8 Å². The number of hydrogen-bond donors (Lipinski definition) is 0. The molecule has 0 N–H and O–H groups in total. The number of carbonyl (C=O) groups is 1. The number of carboxylic acid groups (broad SMARTS) is 1. The SMILES string of the molecule is CCCCCCCCCCCCCCCCCC(=O)[O-].[Cl-].[Zn+2]. The number of aliphatic carboxylic acids is 1. The van der Waals surface area contributed by atoms with Crippen LogP contribution < -0.4 is 17.5 Å². The summed E-state index contributed by atoms with van der Waals surface area (Å²) in [4.78, 5) is 10.2. The van der Waals surface area contributed by atoms with E-state index in [1.807, 2.05) is 0 Å². The minimum Gasteiger partial charge on any atom is -1.00 e. The molecule has 2 nitrogen and oxygen atoms in total. The molecule has 0 radical (unpaired) electrons. The van der Waals surface area contributed by atoms with Crippen LogP contribution >= 0.6 is 0 Å². The Bertz CT molecular complexity index is 213.